The van der Waals surface area contributed by atoms with Gasteiger partial charge in [-0.3, -0.25) is 4.79 Å². The van der Waals surface area contributed by atoms with Gasteiger partial charge in [-0.15, -0.1) is 11.3 Å². The summed E-state index contributed by atoms with van der Waals surface area (Å²) in [5.41, 5.74) is 0. The maximum atomic E-state index is 12.2. The summed E-state index contributed by atoms with van der Waals surface area (Å²) >= 11 is 1.62. The number of carbonyl (C=O) groups excluding carboxylic acids is 2. The Morgan fingerprint density at radius 1 is 1.35 bits per heavy atom. The highest BCUT2D eigenvalue weighted by Crippen LogP contribution is 2.21. The van der Waals surface area contributed by atoms with Crippen molar-refractivity contribution in [2.45, 2.75) is 25.3 Å². The van der Waals surface area contributed by atoms with Crippen molar-refractivity contribution in [3.63, 3.8) is 0 Å². The van der Waals surface area contributed by atoms with Gasteiger partial charge >= 0.3 is 6.09 Å². The molecule has 0 spiro atoms. The fourth-order valence-electron chi connectivity index (χ4n) is 2.84. The van der Waals surface area contributed by atoms with Gasteiger partial charge in [-0.1, -0.05) is 6.07 Å². The van der Waals surface area contributed by atoms with Crippen LogP contribution >= 0.6 is 11.3 Å². The number of amides is 2. The maximum absolute atomic E-state index is 12.2. The van der Waals surface area contributed by atoms with E-state index in [-0.39, 0.29) is 18.0 Å². The molecule has 2 amide bonds. The molecule has 0 unspecified atom stereocenters. The van der Waals surface area contributed by atoms with Crippen molar-refractivity contribution in [1.29, 1.82) is 0 Å². The predicted molar refractivity (Wildman–Crippen MR) is 75.7 cm³/mol. The van der Waals surface area contributed by atoms with Gasteiger partial charge in [0.15, 0.2) is 0 Å². The summed E-state index contributed by atoms with van der Waals surface area (Å²) < 4.78 is 4.97. The minimum Gasteiger partial charge on any atom is -0.448 e. The molecule has 2 fully saturated rings. The molecule has 3 heterocycles. The Morgan fingerprint density at radius 2 is 2.15 bits per heavy atom. The molecule has 3 rings (SSSR count). The molecule has 2 aliphatic heterocycles. The molecule has 2 aliphatic rings. The average Bonchev–Trinajstić information content (AvgIpc) is 3.10. The number of thiophene rings is 1. The van der Waals surface area contributed by atoms with E-state index in [1.807, 2.05) is 22.4 Å². The topological polar surface area (TPSA) is 49.9 Å². The van der Waals surface area contributed by atoms with Crippen LogP contribution in [0.25, 0.3) is 0 Å². The van der Waals surface area contributed by atoms with Gasteiger partial charge < -0.3 is 14.5 Å². The van der Waals surface area contributed by atoms with Gasteiger partial charge in [0.2, 0.25) is 5.91 Å². The van der Waals surface area contributed by atoms with Crippen molar-refractivity contribution < 1.29 is 14.3 Å². The van der Waals surface area contributed by atoms with E-state index in [0.29, 0.717) is 19.6 Å². The summed E-state index contributed by atoms with van der Waals surface area (Å²) in [5.74, 6) is 0.190. The third-order valence-corrected chi connectivity index (χ3v) is 4.83. The minimum atomic E-state index is -0.201. The molecule has 2 saturated heterocycles. The van der Waals surface area contributed by atoms with Gasteiger partial charge in [0.1, 0.15) is 6.61 Å². The Hall–Kier alpha value is -1.56. The molecule has 20 heavy (non-hydrogen) atoms. The molecule has 0 atom stereocenters. The standard InChI is InChI=1S/C14H18N2O3S/c17-13(10-12-2-1-9-20-12)15-5-3-11(4-6-15)16-7-8-19-14(16)18/h1-2,9,11H,3-8,10H2. The number of carbonyl (C=O) groups is 2. The van der Waals surface area contributed by atoms with Crippen molar-refractivity contribution >= 4 is 23.3 Å². The first-order chi connectivity index (χ1) is 9.74. The van der Waals surface area contributed by atoms with E-state index in [9.17, 15) is 9.59 Å². The summed E-state index contributed by atoms with van der Waals surface area (Å²) in [4.78, 5) is 28.5. The minimum absolute atomic E-state index is 0.190. The third-order valence-electron chi connectivity index (χ3n) is 3.96. The molecule has 6 heteroatoms. The second-order valence-corrected chi connectivity index (χ2v) is 6.21. The van der Waals surface area contributed by atoms with Gasteiger partial charge in [-0.2, -0.15) is 0 Å². The van der Waals surface area contributed by atoms with Crippen LogP contribution in [0, 0.1) is 0 Å². The lowest BCUT2D eigenvalue weighted by atomic mass is 10.0. The molecule has 0 aromatic carbocycles. The largest absolute Gasteiger partial charge is 0.448 e. The van der Waals surface area contributed by atoms with Crippen LogP contribution in [-0.4, -0.2) is 54.1 Å². The van der Waals surface area contributed by atoms with Crippen LogP contribution in [0.5, 0.6) is 0 Å². The van der Waals surface area contributed by atoms with E-state index in [4.69, 9.17) is 4.74 Å². The number of rotatable bonds is 3. The van der Waals surface area contributed by atoms with E-state index in [1.165, 1.54) is 0 Å². The number of likely N-dealkylation sites (tertiary alicyclic amines) is 1. The van der Waals surface area contributed by atoms with Crippen molar-refractivity contribution in [3.8, 4) is 0 Å². The molecule has 1 aromatic heterocycles. The highest BCUT2D eigenvalue weighted by atomic mass is 32.1. The number of nitrogens with zero attached hydrogens (tertiary/aromatic N) is 2. The molecule has 0 bridgehead atoms. The van der Waals surface area contributed by atoms with Crippen LogP contribution in [0.15, 0.2) is 17.5 Å². The third kappa shape index (κ3) is 2.80. The molecule has 0 saturated carbocycles. The summed E-state index contributed by atoms with van der Waals surface area (Å²) in [6.07, 6.45) is 2.00. The Kier molecular flexibility index (Phi) is 3.91. The van der Waals surface area contributed by atoms with Crippen molar-refractivity contribution in [2.75, 3.05) is 26.2 Å². The van der Waals surface area contributed by atoms with Gasteiger partial charge in [0.25, 0.3) is 0 Å². The van der Waals surface area contributed by atoms with Crippen LogP contribution < -0.4 is 0 Å². The maximum Gasteiger partial charge on any atom is 0.410 e. The second kappa shape index (κ2) is 5.83. The van der Waals surface area contributed by atoms with Crippen molar-refractivity contribution in [2.24, 2.45) is 0 Å². The quantitative estimate of drug-likeness (QED) is 0.853. The summed E-state index contributed by atoms with van der Waals surface area (Å²) in [6, 6.07) is 4.20. The van der Waals surface area contributed by atoms with E-state index < -0.39 is 0 Å². The number of cyclic esters (lactones) is 1. The van der Waals surface area contributed by atoms with Crippen LogP contribution in [0.2, 0.25) is 0 Å². The second-order valence-electron chi connectivity index (χ2n) is 5.18. The van der Waals surface area contributed by atoms with Crippen LogP contribution in [-0.2, 0) is 16.0 Å². The fraction of sp³-hybridized carbons (Fsp3) is 0.571. The lowest BCUT2D eigenvalue weighted by Crippen LogP contribution is -2.47. The average molecular weight is 294 g/mol. The Labute approximate surface area is 122 Å². The highest BCUT2D eigenvalue weighted by molar-refractivity contribution is 7.10. The zero-order chi connectivity index (χ0) is 13.9. The first-order valence-electron chi connectivity index (χ1n) is 6.97. The number of hydrogen-bond acceptors (Lipinski definition) is 4. The molecule has 108 valence electrons. The van der Waals surface area contributed by atoms with Gasteiger partial charge in [0.05, 0.1) is 13.0 Å². The SMILES string of the molecule is O=C(Cc1cccs1)N1CCC(N2CCOC2=O)CC1. The van der Waals surface area contributed by atoms with E-state index in [0.717, 1.165) is 30.8 Å². The molecule has 5 nitrogen and oxygen atoms in total. The van der Waals surface area contributed by atoms with Crippen LogP contribution in [0.3, 0.4) is 0 Å². The summed E-state index contributed by atoms with van der Waals surface area (Å²) in [5, 5.41) is 1.99. The Morgan fingerprint density at radius 3 is 2.75 bits per heavy atom. The molecular weight excluding hydrogens is 276 g/mol. The van der Waals surface area contributed by atoms with Crippen LogP contribution in [0.4, 0.5) is 4.79 Å². The van der Waals surface area contributed by atoms with Gasteiger partial charge in [-0.05, 0) is 24.3 Å². The number of piperidine rings is 1. The molecule has 0 N–H and O–H groups in total. The van der Waals surface area contributed by atoms with E-state index >= 15 is 0 Å². The number of ether oxygens (including phenoxy) is 1. The Balaban J connectivity index is 1.50. The molecular formula is C14H18N2O3S. The van der Waals surface area contributed by atoms with E-state index in [2.05, 4.69) is 0 Å². The Bertz CT molecular complexity index is 481. The molecule has 1 aromatic rings. The number of hydrogen-bond donors (Lipinski definition) is 0. The zero-order valence-electron chi connectivity index (χ0n) is 11.3. The fourth-order valence-corrected chi connectivity index (χ4v) is 3.53. The first-order valence-corrected chi connectivity index (χ1v) is 7.85. The van der Waals surface area contributed by atoms with E-state index in [1.54, 1.807) is 16.2 Å². The first kappa shape index (κ1) is 13.4. The molecule has 0 radical (unpaired) electrons. The highest BCUT2D eigenvalue weighted by Gasteiger charge is 2.33. The van der Waals surface area contributed by atoms with Gasteiger partial charge in [-0.25, -0.2) is 4.79 Å². The zero-order valence-corrected chi connectivity index (χ0v) is 12.1. The summed E-state index contributed by atoms with van der Waals surface area (Å²) in [7, 11) is 0. The van der Waals surface area contributed by atoms with Crippen molar-refractivity contribution in [1.82, 2.24) is 9.80 Å². The van der Waals surface area contributed by atoms with Crippen LogP contribution in [0.1, 0.15) is 17.7 Å². The van der Waals surface area contributed by atoms with Crippen molar-refractivity contribution in [3.05, 3.63) is 22.4 Å². The molecule has 0 aliphatic carbocycles. The lowest BCUT2D eigenvalue weighted by molar-refractivity contribution is -0.131. The van der Waals surface area contributed by atoms with Gasteiger partial charge in [0, 0.05) is 24.0 Å². The lowest BCUT2D eigenvalue weighted by Gasteiger charge is -2.35. The summed E-state index contributed by atoms with van der Waals surface area (Å²) in [6.45, 7) is 2.65. The normalized spacial score (nSPS) is 20.3. The monoisotopic (exact) mass is 294 g/mol. The predicted octanol–water partition coefficient (Wildman–Crippen LogP) is 1.73. The smallest absolute Gasteiger partial charge is 0.410 e.